The Bertz CT molecular complexity index is 1040. The van der Waals surface area contributed by atoms with Crippen molar-refractivity contribution in [2.45, 2.75) is 24.2 Å². The molecule has 4 rings (SSSR count). The van der Waals surface area contributed by atoms with Gasteiger partial charge in [-0.25, -0.2) is 14.5 Å². The van der Waals surface area contributed by atoms with Crippen LogP contribution < -0.4 is 0 Å². The van der Waals surface area contributed by atoms with Crippen molar-refractivity contribution in [1.82, 2.24) is 14.8 Å². The highest BCUT2D eigenvalue weighted by Crippen LogP contribution is 2.38. The molecule has 142 valence electrons. The summed E-state index contributed by atoms with van der Waals surface area (Å²) >= 11 is 1.51. The second-order valence-electron chi connectivity index (χ2n) is 6.55. The predicted octanol–water partition coefficient (Wildman–Crippen LogP) is 3.50. The van der Waals surface area contributed by atoms with E-state index in [1.54, 1.807) is 11.0 Å². The van der Waals surface area contributed by atoms with Gasteiger partial charge in [-0.3, -0.25) is 4.79 Å². The smallest absolute Gasteiger partial charge is 0.339 e. The summed E-state index contributed by atoms with van der Waals surface area (Å²) in [6, 6.07) is 9.95. The van der Waals surface area contributed by atoms with E-state index in [9.17, 15) is 9.59 Å². The molecule has 6 nitrogen and oxygen atoms in total. The first kappa shape index (κ1) is 18.4. The van der Waals surface area contributed by atoms with Gasteiger partial charge in [0.1, 0.15) is 18.4 Å². The van der Waals surface area contributed by atoms with Crippen LogP contribution in [0.25, 0.3) is 16.8 Å². The summed E-state index contributed by atoms with van der Waals surface area (Å²) in [6.45, 7) is 0. The average Bonchev–Trinajstić information content (AvgIpc) is 3.27. The van der Waals surface area contributed by atoms with Crippen LogP contribution >= 0.6 is 11.8 Å². The summed E-state index contributed by atoms with van der Waals surface area (Å²) in [5.74, 6) is -0.149. The van der Waals surface area contributed by atoms with Gasteiger partial charge in [-0.15, -0.1) is 11.8 Å². The van der Waals surface area contributed by atoms with Crippen molar-refractivity contribution in [3.63, 3.8) is 0 Å². The second kappa shape index (κ2) is 7.59. The highest BCUT2D eigenvalue weighted by Gasteiger charge is 2.28. The van der Waals surface area contributed by atoms with E-state index in [0.29, 0.717) is 24.8 Å². The molecule has 0 saturated heterocycles. The van der Waals surface area contributed by atoms with Gasteiger partial charge in [0.2, 0.25) is 0 Å². The summed E-state index contributed by atoms with van der Waals surface area (Å²) in [7, 11) is 1.39. The average molecular weight is 393 g/mol. The Morgan fingerprint density at radius 2 is 1.96 bits per heavy atom. The van der Waals surface area contributed by atoms with E-state index in [1.165, 1.54) is 25.2 Å². The van der Waals surface area contributed by atoms with Crippen molar-refractivity contribution in [1.29, 1.82) is 0 Å². The maximum atomic E-state index is 12.4. The number of carbonyl (C=O) groups excluding carboxylic acids is 2. The van der Waals surface area contributed by atoms with E-state index in [2.05, 4.69) is 10.1 Å². The number of rotatable bonds is 4. The molecule has 0 unspecified atom stereocenters. The maximum Gasteiger partial charge on any atom is 0.339 e. The first-order valence-electron chi connectivity index (χ1n) is 8.90. The lowest BCUT2D eigenvalue weighted by Crippen LogP contribution is -2.19. The Kier molecular flexibility index (Phi) is 5.00. The van der Waals surface area contributed by atoms with Gasteiger partial charge in [0, 0.05) is 17.7 Å². The number of Topliss-reactive ketones (excluding diaryl/α,β-unsaturated/α-hetero) is 1. The number of fused-ring (bicyclic) bond motifs is 1. The summed E-state index contributed by atoms with van der Waals surface area (Å²) in [4.78, 5) is 29.5. The van der Waals surface area contributed by atoms with E-state index in [4.69, 9.17) is 4.74 Å². The third-order valence-corrected chi connectivity index (χ3v) is 5.77. The Morgan fingerprint density at radius 3 is 2.61 bits per heavy atom. The lowest BCUT2D eigenvalue weighted by Gasteiger charge is -2.24. The number of ketones is 1. The maximum absolute atomic E-state index is 12.4. The minimum atomic E-state index is -0.344. The number of thioether (sulfide) groups is 1. The Morgan fingerprint density at radius 1 is 1.18 bits per heavy atom. The molecule has 0 atom stereocenters. The van der Waals surface area contributed by atoms with Gasteiger partial charge in [-0.2, -0.15) is 5.10 Å². The molecule has 1 aliphatic carbocycles. The third-order valence-electron chi connectivity index (χ3n) is 5.01. The molecule has 1 aliphatic rings. The first-order valence-corrected chi connectivity index (χ1v) is 10.1. The highest BCUT2D eigenvalue weighted by atomic mass is 32.2. The molecule has 1 aromatic heterocycles. The summed E-state index contributed by atoms with van der Waals surface area (Å²) in [6.07, 6.45) is 6.45. The van der Waals surface area contributed by atoms with E-state index in [1.807, 2.05) is 36.6 Å². The molecule has 0 bridgehead atoms. The van der Waals surface area contributed by atoms with Crippen LogP contribution in [-0.2, 0) is 22.4 Å². The number of nitrogens with zero attached hydrogens (tertiary/aromatic N) is 3. The molecule has 1 heterocycles. The number of hydrogen-bond acceptors (Lipinski definition) is 6. The molecule has 0 amide bonds. The van der Waals surface area contributed by atoms with Crippen LogP contribution in [0.1, 0.15) is 27.9 Å². The monoisotopic (exact) mass is 393 g/mol. The van der Waals surface area contributed by atoms with Gasteiger partial charge >= 0.3 is 5.97 Å². The van der Waals surface area contributed by atoms with Crippen molar-refractivity contribution < 1.29 is 14.3 Å². The first-order chi connectivity index (χ1) is 13.6. The lowest BCUT2D eigenvalue weighted by molar-refractivity contribution is -0.118. The summed E-state index contributed by atoms with van der Waals surface area (Å²) in [5.41, 5.74) is 5.37. The Labute approximate surface area is 166 Å². The van der Waals surface area contributed by atoms with Gasteiger partial charge in [0.05, 0.1) is 18.4 Å². The summed E-state index contributed by atoms with van der Waals surface area (Å²) in [5, 5.41) is 4.14. The SMILES string of the molecule is COC(=O)c1c(SC)cc(-c2ccc(-n3cncn3)cc2)c2c1CCC(=O)C2. The van der Waals surface area contributed by atoms with Crippen molar-refractivity contribution >= 4 is 23.5 Å². The molecule has 2 aromatic carbocycles. The van der Waals surface area contributed by atoms with Gasteiger partial charge in [-0.05, 0) is 53.1 Å². The number of benzene rings is 2. The number of methoxy groups -OCH3 is 1. The third kappa shape index (κ3) is 3.22. The molecule has 0 fully saturated rings. The molecular formula is C21H19N3O3S. The van der Waals surface area contributed by atoms with Gasteiger partial charge in [0.25, 0.3) is 0 Å². The number of hydrogen-bond donors (Lipinski definition) is 0. The molecule has 7 heteroatoms. The van der Waals surface area contributed by atoms with E-state index in [-0.39, 0.29) is 11.8 Å². The van der Waals surface area contributed by atoms with Crippen LogP contribution in [-0.4, -0.2) is 39.9 Å². The van der Waals surface area contributed by atoms with Gasteiger partial charge in [0.15, 0.2) is 0 Å². The van der Waals surface area contributed by atoms with Crippen LogP contribution in [0.4, 0.5) is 0 Å². The number of aromatic nitrogens is 3. The normalized spacial score (nSPS) is 13.3. The van der Waals surface area contributed by atoms with Crippen LogP contribution in [0.15, 0.2) is 47.9 Å². The van der Waals surface area contributed by atoms with Crippen LogP contribution in [0.2, 0.25) is 0 Å². The summed E-state index contributed by atoms with van der Waals surface area (Å²) < 4.78 is 6.71. The lowest BCUT2D eigenvalue weighted by atomic mass is 9.82. The van der Waals surface area contributed by atoms with Gasteiger partial charge < -0.3 is 4.74 Å². The standard InChI is InChI=1S/C21H19N3O3S/c1-27-21(26)20-16-8-7-15(25)9-18(16)17(10-19(20)28-2)13-3-5-14(6-4-13)24-12-22-11-23-24/h3-6,10-12H,7-9H2,1-2H3. The van der Waals surface area contributed by atoms with Crippen LogP contribution in [0.5, 0.6) is 0 Å². The van der Waals surface area contributed by atoms with Crippen LogP contribution in [0.3, 0.4) is 0 Å². The molecule has 0 saturated carbocycles. The van der Waals surface area contributed by atoms with Gasteiger partial charge in [-0.1, -0.05) is 12.1 Å². The fourth-order valence-electron chi connectivity index (χ4n) is 3.66. The molecule has 0 N–H and O–H groups in total. The minimum absolute atomic E-state index is 0.195. The number of ether oxygens (including phenoxy) is 1. The predicted molar refractivity (Wildman–Crippen MR) is 107 cm³/mol. The van der Waals surface area contributed by atoms with Crippen molar-refractivity contribution in [2.75, 3.05) is 13.4 Å². The van der Waals surface area contributed by atoms with E-state index >= 15 is 0 Å². The zero-order chi connectivity index (χ0) is 19.7. The quantitative estimate of drug-likeness (QED) is 0.499. The fraction of sp³-hybridized carbons (Fsp3) is 0.238. The molecule has 3 aromatic rings. The highest BCUT2D eigenvalue weighted by molar-refractivity contribution is 7.98. The van der Waals surface area contributed by atoms with E-state index in [0.717, 1.165) is 32.8 Å². The zero-order valence-electron chi connectivity index (χ0n) is 15.6. The topological polar surface area (TPSA) is 74.1 Å². The second-order valence-corrected chi connectivity index (χ2v) is 7.40. The number of esters is 1. The molecule has 0 aliphatic heterocycles. The van der Waals surface area contributed by atoms with Crippen LogP contribution in [0, 0.1) is 0 Å². The molecule has 28 heavy (non-hydrogen) atoms. The van der Waals surface area contributed by atoms with Crippen molar-refractivity contribution in [3.05, 3.63) is 59.7 Å². The molecule has 0 spiro atoms. The van der Waals surface area contributed by atoms with Crippen molar-refractivity contribution in [2.24, 2.45) is 0 Å². The Hall–Kier alpha value is -2.93. The molecule has 0 radical (unpaired) electrons. The van der Waals surface area contributed by atoms with Crippen molar-refractivity contribution in [3.8, 4) is 16.8 Å². The molecular weight excluding hydrogens is 374 g/mol. The fourth-order valence-corrected chi connectivity index (χ4v) is 4.31. The number of carbonyl (C=O) groups is 2. The van der Waals surface area contributed by atoms with E-state index < -0.39 is 0 Å². The largest absolute Gasteiger partial charge is 0.465 e. The Balaban J connectivity index is 1.87. The minimum Gasteiger partial charge on any atom is -0.465 e. The zero-order valence-corrected chi connectivity index (χ0v) is 16.5.